The van der Waals surface area contributed by atoms with E-state index in [1.165, 1.54) is 12.5 Å². The van der Waals surface area contributed by atoms with Crippen molar-refractivity contribution in [1.82, 2.24) is 0 Å². The van der Waals surface area contributed by atoms with Crippen molar-refractivity contribution in [3.8, 4) is 0 Å². The lowest BCUT2D eigenvalue weighted by Crippen LogP contribution is -2.39. The van der Waals surface area contributed by atoms with Crippen molar-refractivity contribution in [2.75, 3.05) is 0 Å². The van der Waals surface area contributed by atoms with Gasteiger partial charge in [-0.15, -0.1) is 0 Å². The van der Waals surface area contributed by atoms with E-state index >= 15 is 0 Å². The molecular weight excluding hydrogens is 284 g/mol. The molecule has 0 amide bonds. The molecule has 122 valence electrons. The molecule has 0 spiro atoms. The van der Waals surface area contributed by atoms with Crippen molar-refractivity contribution < 1.29 is 23.8 Å². The van der Waals surface area contributed by atoms with Crippen LogP contribution in [0.4, 0.5) is 0 Å². The number of hydrogen-bond donors (Lipinski definition) is 0. The van der Waals surface area contributed by atoms with Gasteiger partial charge in [-0.1, -0.05) is 18.6 Å². The zero-order valence-corrected chi connectivity index (χ0v) is 13.6. The minimum atomic E-state index is -0.341. The third kappa shape index (κ3) is 2.67. The summed E-state index contributed by atoms with van der Waals surface area (Å²) in [4.78, 5) is 23.6. The van der Waals surface area contributed by atoms with Crippen molar-refractivity contribution >= 4 is 11.9 Å². The van der Waals surface area contributed by atoms with Gasteiger partial charge in [0.2, 0.25) is 0 Å². The second-order valence-electron chi connectivity index (χ2n) is 7.06. The van der Waals surface area contributed by atoms with Gasteiger partial charge in [0.25, 0.3) is 0 Å². The molecule has 5 nitrogen and oxygen atoms in total. The Morgan fingerprint density at radius 2 is 2.18 bits per heavy atom. The maximum absolute atomic E-state index is 12.1. The predicted octanol–water partition coefficient (Wildman–Crippen LogP) is 2.38. The van der Waals surface area contributed by atoms with Crippen LogP contribution in [0, 0.1) is 11.8 Å². The van der Waals surface area contributed by atoms with Crippen molar-refractivity contribution in [3.05, 3.63) is 11.6 Å². The standard InChI is InChI=1S/C17H24O5/c1-9-6-5-7-17(4)15(22-17)14-13(10(2)16(19)21-14)12(8-9)20-11(3)18/h6,10,12-15H,5,7-8H2,1-4H3/b9-6+/t10-,12+,13+,14+,15+,17-/m1/s1. The van der Waals surface area contributed by atoms with Crippen LogP contribution >= 0.6 is 0 Å². The van der Waals surface area contributed by atoms with Crippen molar-refractivity contribution in [2.45, 2.75) is 70.9 Å². The normalized spacial score (nSPS) is 46.6. The van der Waals surface area contributed by atoms with Crippen LogP contribution in [0.1, 0.15) is 47.0 Å². The van der Waals surface area contributed by atoms with Gasteiger partial charge >= 0.3 is 11.9 Å². The van der Waals surface area contributed by atoms with Crippen molar-refractivity contribution in [1.29, 1.82) is 0 Å². The number of ether oxygens (including phenoxy) is 3. The van der Waals surface area contributed by atoms with Gasteiger partial charge < -0.3 is 14.2 Å². The molecule has 6 atom stereocenters. The van der Waals surface area contributed by atoms with E-state index in [9.17, 15) is 9.59 Å². The molecule has 0 aromatic rings. The van der Waals surface area contributed by atoms with E-state index in [-0.39, 0.29) is 47.7 Å². The van der Waals surface area contributed by atoms with E-state index in [1.54, 1.807) is 0 Å². The monoisotopic (exact) mass is 308 g/mol. The lowest BCUT2D eigenvalue weighted by atomic mass is 9.79. The molecule has 0 radical (unpaired) electrons. The fraction of sp³-hybridized carbons (Fsp3) is 0.765. The lowest BCUT2D eigenvalue weighted by molar-refractivity contribution is -0.151. The molecule has 0 N–H and O–H groups in total. The van der Waals surface area contributed by atoms with Gasteiger partial charge in [0.1, 0.15) is 18.3 Å². The molecule has 0 bridgehead atoms. The van der Waals surface area contributed by atoms with Crippen LogP contribution in [0.25, 0.3) is 0 Å². The topological polar surface area (TPSA) is 65.1 Å². The second kappa shape index (κ2) is 5.37. The highest BCUT2D eigenvalue weighted by molar-refractivity contribution is 5.75. The second-order valence-corrected chi connectivity index (χ2v) is 7.06. The van der Waals surface area contributed by atoms with Crippen LogP contribution in [0.3, 0.4) is 0 Å². The maximum Gasteiger partial charge on any atom is 0.309 e. The van der Waals surface area contributed by atoms with E-state index in [4.69, 9.17) is 14.2 Å². The van der Waals surface area contributed by atoms with Gasteiger partial charge in [-0.05, 0) is 26.7 Å². The van der Waals surface area contributed by atoms with Gasteiger partial charge in [0, 0.05) is 19.3 Å². The zero-order chi connectivity index (χ0) is 16.1. The number of carbonyl (C=O) groups is 2. The summed E-state index contributed by atoms with van der Waals surface area (Å²) in [7, 11) is 0. The molecule has 0 aromatic carbocycles. The van der Waals surface area contributed by atoms with E-state index in [0.29, 0.717) is 6.42 Å². The minimum absolute atomic E-state index is 0.0868. The Bertz CT molecular complexity index is 525. The molecule has 2 saturated heterocycles. The summed E-state index contributed by atoms with van der Waals surface area (Å²) in [5.41, 5.74) is 0.946. The summed E-state index contributed by atoms with van der Waals surface area (Å²) in [6, 6.07) is 0. The highest BCUT2D eigenvalue weighted by Gasteiger charge is 2.63. The highest BCUT2D eigenvalue weighted by atomic mass is 16.6. The van der Waals surface area contributed by atoms with Crippen LogP contribution < -0.4 is 0 Å². The first kappa shape index (κ1) is 15.5. The van der Waals surface area contributed by atoms with Gasteiger partial charge in [-0.25, -0.2) is 0 Å². The molecule has 2 aliphatic heterocycles. The smallest absolute Gasteiger partial charge is 0.309 e. The molecule has 0 aromatic heterocycles. The number of epoxide rings is 1. The molecule has 2 heterocycles. The van der Waals surface area contributed by atoms with Crippen LogP contribution in [-0.2, 0) is 23.8 Å². The summed E-state index contributed by atoms with van der Waals surface area (Å²) >= 11 is 0. The Morgan fingerprint density at radius 3 is 2.86 bits per heavy atom. The molecule has 0 saturated carbocycles. The summed E-state index contributed by atoms with van der Waals surface area (Å²) in [5, 5.41) is 0. The minimum Gasteiger partial charge on any atom is -0.462 e. The molecule has 3 rings (SSSR count). The van der Waals surface area contributed by atoms with Crippen LogP contribution in [0.5, 0.6) is 0 Å². The quantitative estimate of drug-likeness (QED) is 0.423. The van der Waals surface area contributed by atoms with Crippen molar-refractivity contribution in [2.24, 2.45) is 11.8 Å². The molecule has 0 unspecified atom stereocenters. The Hall–Kier alpha value is -1.36. The van der Waals surface area contributed by atoms with E-state index in [0.717, 1.165) is 12.8 Å². The number of hydrogen-bond acceptors (Lipinski definition) is 5. The SMILES string of the molecule is CC(=O)O[C@H]1C/C(C)=C/CC[C@@]2(C)O[C@H]2[C@H]2OC(=O)[C@H](C)[C@H]21. The number of fused-ring (bicyclic) bond motifs is 3. The average molecular weight is 308 g/mol. The number of carbonyl (C=O) groups excluding carboxylic acids is 2. The van der Waals surface area contributed by atoms with Gasteiger partial charge in [-0.2, -0.15) is 0 Å². The highest BCUT2D eigenvalue weighted by Crippen LogP contribution is 2.50. The number of esters is 2. The number of rotatable bonds is 1. The molecular formula is C17H24O5. The maximum atomic E-state index is 12.1. The third-order valence-electron chi connectivity index (χ3n) is 5.22. The van der Waals surface area contributed by atoms with Crippen molar-refractivity contribution in [3.63, 3.8) is 0 Å². The van der Waals surface area contributed by atoms with Gasteiger partial charge in [0.05, 0.1) is 11.5 Å². The molecule has 22 heavy (non-hydrogen) atoms. The third-order valence-corrected chi connectivity index (χ3v) is 5.22. The lowest BCUT2D eigenvalue weighted by Gasteiger charge is -2.29. The van der Waals surface area contributed by atoms with Crippen LogP contribution in [0.15, 0.2) is 11.6 Å². The first-order valence-corrected chi connectivity index (χ1v) is 8.03. The summed E-state index contributed by atoms with van der Waals surface area (Å²) in [6.45, 7) is 7.38. The molecule has 1 aliphatic carbocycles. The van der Waals surface area contributed by atoms with Gasteiger partial charge in [-0.3, -0.25) is 9.59 Å². The molecule has 2 fully saturated rings. The molecule has 5 heteroatoms. The average Bonchev–Trinajstić information content (AvgIpc) is 2.98. The molecule has 3 aliphatic rings. The predicted molar refractivity (Wildman–Crippen MR) is 79.0 cm³/mol. The summed E-state index contributed by atoms with van der Waals surface area (Å²) < 4.78 is 17.0. The van der Waals surface area contributed by atoms with E-state index < -0.39 is 0 Å². The van der Waals surface area contributed by atoms with Crippen LogP contribution in [0.2, 0.25) is 0 Å². The Morgan fingerprint density at radius 1 is 1.45 bits per heavy atom. The van der Waals surface area contributed by atoms with Crippen LogP contribution in [-0.4, -0.2) is 35.9 Å². The van der Waals surface area contributed by atoms with E-state index in [2.05, 4.69) is 13.0 Å². The fourth-order valence-electron chi connectivity index (χ4n) is 3.91. The Balaban J connectivity index is 1.94. The van der Waals surface area contributed by atoms with Gasteiger partial charge in [0.15, 0.2) is 0 Å². The fourth-order valence-corrected chi connectivity index (χ4v) is 3.91. The first-order chi connectivity index (χ1) is 10.3. The Labute approximate surface area is 131 Å². The number of allylic oxidation sites excluding steroid dienone is 1. The first-order valence-electron chi connectivity index (χ1n) is 8.03. The summed E-state index contributed by atoms with van der Waals surface area (Å²) in [6.07, 6.45) is 3.93. The Kier molecular flexibility index (Phi) is 3.79. The van der Waals surface area contributed by atoms with E-state index in [1.807, 2.05) is 13.8 Å². The zero-order valence-electron chi connectivity index (χ0n) is 13.6. The largest absolute Gasteiger partial charge is 0.462 e. The summed E-state index contributed by atoms with van der Waals surface area (Å²) in [5.74, 6) is -0.967.